The maximum atomic E-state index is 12.2. The van der Waals surface area contributed by atoms with Gasteiger partial charge in [0, 0.05) is 30.2 Å². The number of aryl methyl sites for hydroxylation is 2. The van der Waals surface area contributed by atoms with Crippen LogP contribution in [0.5, 0.6) is 0 Å². The molecule has 2 aromatic heterocycles. The highest BCUT2D eigenvalue weighted by Crippen LogP contribution is 2.22. The van der Waals surface area contributed by atoms with E-state index in [1.54, 1.807) is 36.1 Å². The Hall–Kier alpha value is -2.98. The molecule has 1 aromatic carbocycles. The summed E-state index contributed by atoms with van der Waals surface area (Å²) in [5, 5.41) is 16.3. The monoisotopic (exact) mass is 337 g/mol. The SMILES string of the molecule is Cc1cc(C(=O)Nc2ncc(Cc3ccc(C#N)cc3)s2)nn1C. The summed E-state index contributed by atoms with van der Waals surface area (Å²) in [7, 11) is 1.80. The zero-order valence-electron chi connectivity index (χ0n) is 13.3. The van der Waals surface area contributed by atoms with Gasteiger partial charge in [0.1, 0.15) is 0 Å². The summed E-state index contributed by atoms with van der Waals surface area (Å²) in [6.45, 7) is 1.89. The minimum Gasteiger partial charge on any atom is -0.296 e. The van der Waals surface area contributed by atoms with Crippen LogP contribution >= 0.6 is 11.3 Å². The van der Waals surface area contributed by atoms with Gasteiger partial charge in [-0.15, -0.1) is 11.3 Å². The van der Waals surface area contributed by atoms with Crippen molar-refractivity contribution in [3.05, 3.63) is 63.9 Å². The Morgan fingerprint density at radius 3 is 2.75 bits per heavy atom. The van der Waals surface area contributed by atoms with Gasteiger partial charge in [-0.1, -0.05) is 12.1 Å². The van der Waals surface area contributed by atoms with Crippen molar-refractivity contribution in [2.45, 2.75) is 13.3 Å². The van der Waals surface area contributed by atoms with Crippen LogP contribution < -0.4 is 5.32 Å². The largest absolute Gasteiger partial charge is 0.296 e. The molecule has 3 rings (SSSR count). The zero-order chi connectivity index (χ0) is 17.1. The lowest BCUT2D eigenvalue weighted by Crippen LogP contribution is -2.12. The predicted molar refractivity (Wildman–Crippen MR) is 92.0 cm³/mol. The number of anilines is 1. The third-order valence-corrected chi connectivity index (χ3v) is 4.49. The number of carbonyl (C=O) groups excluding carboxylic acids is 1. The molecule has 1 N–H and O–H groups in total. The van der Waals surface area contributed by atoms with Crippen molar-refractivity contribution in [1.82, 2.24) is 14.8 Å². The molecule has 0 spiro atoms. The minimum absolute atomic E-state index is 0.266. The number of nitriles is 1. The van der Waals surface area contributed by atoms with Crippen LogP contribution in [0, 0.1) is 18.3 Å². The molecule has 1 amide bonds. The molecular weight excluding hydrogens is 322 g/mol. The van der Waals surface area contributed by atoms with E-state index in [0.717, 1.165) is 16.1 Å². The number of amides is 1. The number of carbonyl (C=O) groups is 1. The fourth-order valence-electron chi connectivity index (χ4n) is 2.18. The Morgan fingerprint density at radius 2 is 2.12 bits per heavy atom. The Morgan fingerprint density at radius 1 is 1.38 bits per heavy atom. The van der Waals surface area contributed by atoms with Crippen molar-refractivity contribution < 1.29 is 4.79 Å². The molecule has 0 saturated heterocycles. The average Bonchev–Trinajstić information content (AvgIpc) is 3.15. The molecule has 7 heteroatoms. The number of nitrogens with one attached hydrogen (secondary N) is 1. The maximum absolute atomic E-state index is 12.2. The van der Waals surface area contributed by atoms with Gasteiger partial charge in [0.15, 0.2) is 10.8 Å². The maximum Gasteiger partial charge on any atom is 0.277 e. The van der Waals surface area contributed by atoms with Crippen LogP contribution in [-0.4, -0.2) is 20.7 Å². The van der Waals surface area contributed by atoms with Gasteiger partial charge in [0.2, 0.25) is 0 Å². The summed E-state index contributed by atoms with van der Waals surface area (Å²) in [5.74, 6) is -0.266. The van der Waals surface area contributed by atoms with Crippen molar-refractivity contribution in [3.8, 4) is 6.07 Å². The van der Waals surface area contributed by atoms with Gasteiger partial charge in [-0.25, -0.2) is 4.98 Å². The summed E-state index contributed by atoms with van der Waals surface area (Å²) in [5.41, 5.74) is 3.03. The lowest BCUT2D eigenvalue weighted by atomic mass is 10.1. The van der Waals surface area contributed by atoms with E-state index < -0.39 is 0 Å². The van der Waals surface area contributed by atoms with Crippen molar-refractivity contribution in [2.75, 3.05) is 5.32 Å². The number of hydrogen-bond acceptors (Lipinski definition) is 5. The van der Waals surface area contributed by atoms with Gasteiger partial charge >= 0.3 is 0 Å². The molecule has 0 bridgehead atoms. The summed E-state index contributed by atoms with van der Waals surface area (Å²) in [6, 6.07) is 11.3. The average molecular weight is 337 g/mol. The molecule has 0 aliphatic heterocycles. The van der Waals surface area contributed by atoms with Gasteiger partial charge in [0.05, 0.1) is 11.6 Å². The van der Waals surface area contributed by atoms with Crippen LogP contribution in [0.3, 0.4) is 0 Å². The highest BCUT2D eigenvalue weighted by molar-refractivity contribution is 7.15. The van der Waals surface area contributed by atoms with Crippen molar-refractivity contribution in [2.24, 2.45) is 7.05 Å². The third kappa shape index (κ3) is 3.50. The van der Waals surface area contributed by atoms with E-state index in [1.807, 2.05) is 19.1 Å². The second-order valence-electron chi connectivity index (χ2n) is 5.37. The third-order valence-electron chi connectivity index (χ3n) is 3.58. The summed E-state index contributed by atoms with van der Waals surface area (Å²) in [6.07, 6.45) is 2.46. The first-order valence-corrected chi connectivity index (χ1v) is 8.12. The van der Waals surface area contributed by atoms with Gasteiger partial charge in [-0.2, -0.15) is 10.4 Å². The highest BCUT2D eigenvalue weighted by atomic mass is 32.1. The molecule has 3 aromatic rings. The summed E-state index contributed by atoms with van der Waals surface area (Å²) in [4.78, 5) is 17.4. The van der Waals surface area contributed by atoms with Gasteiger partial charge in [-0.05, 0) is 30.7 Å². The Kier molecular flexibility index (Phi) is 4.40. The van der Waals surface area contributed by atoms with Gasteiger partial charge in [-0.3, -0.25) is 14.8 Å². The second-order valence-corrected chi connectivity index (χ2v) is 6.48. The van der Waals surface area contributed by atoms with E-state index in [2.05, 4.69) is 21.5 Å². The van der Waals surface area contributed by atoms with Crippen LogP contribution in [0.1, 0.15) is 32.2 Å². The zero-order valence-corrected chi connectivity index (χ0v) is 14.1. The Balaban J connectivity index is 1.66. The molecule has 2 heterocycles. The van der Waals surface area contributed by atoms with Gasteiger partial charge < -0.3 is 0 Å². The minimum atomic E-state index is -0.266. The first-order chi connectivity index (χ1) is 11.5. The highest BCUT2D eigenvalue weighted by Gasteiger charge is 2.13. The number of aromatic nitrogens is 3. The first kappa shape index (κ1) is 15.9. The van der Waals surface area contributed by atoms with Crippen LogP contribution in [0.25, 0.3) is 0 Å². The first-order valence-electron chi connectivity index (χ1n) is 7.31. The molecule has 0 fully saturated rings. The summed E-state index contributed by atoms with van der Waals surface area (Å²) >= 11 is 1.43. The predicted octanol–water partition coefficient (Wildman–Crippen LogP) is 2.90. The normalized spacial score (nSPS) is 10.4. The molecular formula is C17H15N5OS. The molecule has 24 heavy (non-hydrogen) atoms. The van der Waals surface area contributed by atoms with Crippen LogP contribution in [-0.2, 0) is 13.5 Å². The van der Waals surface area contributed by atoms with E-state index in [0.29, 0.717) is 22.8 Å². The summed E-state index contributed by atoms with van der Waals surface area (Å²) < 4.78 is 1.66. The fraction of sp³-hybridized carbons (Fsp3) is 0.176. The van der Waals surface area contributed by atoms with E-state index in [1.165, 1.54) is 11.3 Å². The standard InChI is InChI=1S/C17H15N5OS/c1-11-7-15(21-22(11)2)16(23)20-17-19-10-14(24-17)8-12-3-5-13(9-18)6-4-12/h3-7,10H,8H2,1-2H3,(H,19,20,23). The van der Waals surface area contributed by atoms with Gasteiger partial charge in [0.25, 0.3) is 5.91 Å². The van der Waals surface area contributed by atoms with E-state index in [-0.39, 0.29) is 5.91 Å². The second kappa shape index (κ2) is 6.64. The molecule has 0 unspecified atom stereocenters. The van der Waals surface area contributed by atoms with Crippen molar-refractivity contribution in [3.63, 3.8) is 0 Å². The smallest absolute Gasteiger partial charge is 0.277 e. The van der Waals surface area contributed by atoms with E-state index in [9.17, 15) is 4.79 Å². The van der Waals surface area contributed by atoms with Crippen LogP contribution in [0.4, 0.5) is 5.13 Å². The fourth-order valence-corrected chi connectivity index (χ4v) is 3.02. The quantitative estimate of drug-likeness (QED) is 0.793. The lowest BCUT2D eigenvalue weighted by molar-refractivity contribution is 0.102. The number of nitrogens with zero attached hydrogens (tertiary/aromatic N) is 4. The van der Waals surface area contributed by atoms with Crippen LogP contribution in [0.15, 0.2) is 36.5 Å². The lowest BCUT2D eigenvalue weighted by Gasteiger charge is -1.99. The molecule has 120 valence electrons. The molecule has 0 saturated carbocycles. The number of hydrogen-bond donors (Lipinski definition) is 1. The van der Waals surface area contributed by atoms with E-state index in [4.69, 9.17) is 5.26 Å². The number of thiazole rings is 1. The van der Waals surface area contributed by atoms with Crippen LogP contribution in [0.2, 0.25) is 0 Å². The van der Waals surface area contributed by atoms with Crippen molar-refractivity contribution >= 4 is 22.4 Å². The van der Waals surface area contributed by atoms with E-state index >= 15 is 0 Å². The molecule has 0 radical (unpaired) electrons. The Labute approximate surface area is 143 Å². The Bertz CT molecular complexity index is 898. The number of benzene rings is 1. The molecule has 0 aliphatic rings. The topological polar surface area (TPSA) is 83.6 Å². The molecule has 0 aliphatic carbocycles. The molecule has 6 nitrogen and oxygen atoms in total. The molecule has 0 atom stereocenters. The van der Waals surface area contributed by atoms with Crippen molar-refractivity contribution in [1.29, 1.82) is 5.26 Å². The number of rotatable bonds is 4.